The summed E-state index contributed by atoms with van der Waals surface area (Å²) < 4.78 is 0.530. The minimum absolute atomic E-state index is 0.530. The highest BCUT2D eigenvalue weighted by molar-refractivity contribution is 5.85. The SMILES string of the molecule is CC[N+](C)(C)Oc1c[nH]c2ccccc12. The first kappa shape index (κ1) is 10.1. The second-order valence-corrected chi connectivity index (χ2v) is 4.18. The van der Waals surface area contributed by atoms with Crippen LogP contribution in [-0.2, 0) is 0 Å². The number of hydroxylamine groups is 3. The summed E-state index contributed by atoms with van der Waals surface area (Å²) in [4.78, 5) is 9.11. The lowest BCUT2D eigenvalue weighted by molar-refractivity contribution is -1.05. The summed E-state index contributed by atoms with van der Waals surface area (Å²) in [6, 6.07) is 8.16. The van der Waals surface area contributed by atoms with Crippen molar-refractivity contribution < 1.29 is 9.48 Å². The zero-order chi connectivity index (χ0) is 10.9. The van der Waals surface area contributed by atoms with Gasteiger partial charge in [0.05, 0.1) is 6.20 Å². The van der Waals surface area contributed by atoms with Crippen LogP contribution in [0.5, 0.6) is 5.75 Å². The van der Waals surface area contributed by atoms with E-state index in [1.807, 2.05) is 38.5 Å². The molecule has 1 heterocycles. The molecule has 0 atom stereocenters. The fourth-order valence-electron chi connectivity index (χ4n) is 1.45. The van der Waals surface area contributed by atoms with E-state index in [0.717, 1.165) is 23.2 Å². The molecule has 2 aromatic rings. The van der Waals surface area contributed by atoms with E-state index in [4.69, 9.17) is 4.84 Å². The van der Waals surface area contributed by atoms with Crippen molar-refractivity contribution in [2.24, 2.45) is 0 Å². The zero-order valence-electron chi connectivity index (χ0n) is 9.45. The number of aromatic amines is 1. The molecule has 1 aromatic carbocycles. The maximum atomic E-state index is 5.91. The molecular formula is C12H17N2O+. The number of nitrogens with one attached hydrogen (secondary N) is 1. The van der Waals surface area contributed by atoms with Gasteiger partial charge in [-0.25, -0.2) is 0 Å². The second-order valence-electron chi connectivity index (χ2n) is 4.18. The van der Waals surface area contributed by atoms with Gasteiger partial charge in [0.25, 0.3) is 0 Å². The van der Waals surface area contributed by atoms with Crippen molar-refractivity contribution in [2.45, 2.75) is 6.92 Å². The lowest BCUT2D eigenvalue weighted by atomic mass is 10.2. The Labute approximate surface area is 89.8 Å². The molecule has 0 fully saturated rings. The molecule has 3 heteroatoms. The normalized spacial score (nSPS) is 11.9. The number of H-pyrrole nitrogens is 1. The molecule has 0 saturated heterocycles. The third-order valence-electron chi connectivity index (χ3n) is 2.66. The van der Waals surface area contributed by atoms with Gasteiger partial charge in [-0.05, 0) is 19.1 Å². The first-order valence-electron chi connectivity index (χ1n) is 5.21. The maximum Gasteiger partial charge on any atom is 0.215 e. The fraction of sp³-hybridized carbons (Fsp3) is 0.333. The number of benzene rings is 1. The van der Waals surface area contributed by atoms with Crippen LogP contribution in [0.1, 0.15) is 6.92 Å². The zero-order valence-corrected chi connectivity index (χ0v) is 9.45. The number of para-hydroxylation sites is 1. The van der Waals surface area contributed by atoms with Crippen molar-refractivity contribution >= 4 is 10.9 Å². The molecule has 1 N–H and O–H groups in total. The highest BCUT2D eigenvalue weighted by atomic mass is 16.7. The quantitative estimate of drug-likeness (QED) is 0.604. The van der Waals surface area contributed by atoms with Crippen LogP contribution in [0.25, 0.3) is 10.9 Å². The van der Waals surface area contributed by atoms with Gasteiger partial charge >= 0.3 is 0 Å². The molecule has 2 rings (SSSR count). The summed E-state index contributed by atoms with van der Waals surface area (Å²) in [5.74, 6) is 0.914. The minimum atomic E-state index is 0.530. The Balaban J connectivity index is 2.37. The summed E-state index contributed by atoms with van der Waals surface area (Å²) in [5.41, 5.74) is 1.11. The van der Waals surface area contributed by atoms with Gasteiger partial charge < -0.3 is 9.82 Å². The van der Waals surface area contributed by atoms with Crippen molar-refractivity contribution in [3.05, 3.63) is 30.5 Å². The van der Waals surface area contributed by atoms with Gasteiger partial charge in [0.2, 0.25) is 5.75 Å². The molecule has 1 aromatic heterocycles. The minimum Gasteiger partial charge on any atom is -0.358 e. The van der Waals surface area contributed by atoms with Crippen LogP contribution in [0.3, 0.4) is 0 Å². The molecule has 0 saturated carbocycles. The van der Waals surface area contributed by atoms with Crippen LogP contribution >= 0.6 is 0 Å². The molecule has 0 amide bonds. The molecule has 0 aliphatic carbocycles. The van der Waals surface area contributed by atoms with E-state index in [9.17, 15) is 0 Å². The van der Waals surface area contributed by atoms with Crippen LogP contribution in [0.4, 0.5) is 0 Å². The van der Waals surface area contributed by atoms with Crippen molar-refractivity contribution in [3.8, 4) is 5.75 Å². The average molecular weight is 205 g/mol. The fourth-order valence-corrected chi connectivity index (χ4v) is 1.45. The Morgan fingerprint density at radius 2 is 2.00 bits per heavy atom. The Hall–Kier alpha value is -1.48. The van der Waals surface area contributed by atoms with E-state index in [1.165, 1.54) is 0 Å². The Kier molecular flexibility index (Phi) is 2.40. The van der Waals surface area contributed by atoms with Gasteiger partial charge in [-0.2, -0.15) is 0 Å². The lowest BCUT2D eigenvalue weighted by Gasteiger charge is -2.25. The van der Waals surface area contributed by atoms with Crippen LogP contribution < -0.4 is 4.84 Å². The highest BCUT2D eigenvalue weighted by Crippen LogP contribution is 2.26. The Morgan fingerprint density at radius 3 is 2.73 bits per heavy atom. The molecule has 80 valence electrons. The molecule has 0 bridgehead atoms. The van der Waals surface area contributed by atoms with E-state index in [1.54, 1.807) is 0 Å². The van der Waals surface area contributed by atoms with Crippen LogP contribution in [0, 0.1) is 0 Å². The van der Waals surface area contributed by atoms with Gasteiger partial charge in [-0.15, -0.1) is 4.65 Å². The van der Waals surface area contributed by atoms with E-state index < -0.39 is 0 Å². The topological polar surface area (TPSA) is 25.0 Å². The first-order chi connectivity index (χ1) is 7.12. The number of quaternary nitrogens is 1. The summed E-state index contributed by atoms with van der Waals surface area (Å²) in [5, 5.41) is 1.14. The van der Waals surface area contributed by atoms with Crippen LogP contribution in [0.15, 0.2) is 30.5 Å². The Morgan fingerprint density at radius 1 is 1.27 bits per heavy atom. The van der Waals surface area contributed by atoms with E-state index in [-0.39, 0.29) is 0 Å². The molecule has 0 unspecified atom stereocenters. The van der Waals surface area contributed by atoms with E-state index in [0.29, 0.717) is 4.65 Å². The highest BCUT2D eigenvalue weighted by Gasteiger charge is 2.17. The summed E-state index contributed by atoms with van der Waals surface area (Å²) in [7, 11) is 4.09. The van der Waals surface area contributed by atoms with Crippen LogP contribution in [-0.4, -0.2) is 30.3 Å². The van der Waals surface area contributed by atoms with Crippen molar-refractivity contribution in [3.63, 3.8) is 0 Å². The molecular weight excluding hydrogens is 188 g/mol. The number of nitrogens with zero attached hydrogens (tertiary/aromatic N) is 1. The number of aromatic nitrogens is 1. The number of hydrogen-bond donors (Lipinski definition) is 1. The maximum absolute atomic E-state index is 5.91. The average Bonchev–Trinajstić information content (AvgIpc) is 2.62. The summed E-state index contributed by atoms with van der Waals surface area (Å²) >= 11 is 0. The van der Waals surface area contributed by atoms with Gasteiger partial charge in [0, 0.05) is 10.9 Å². The van der Waals surface area contributed by atoms with E-state index in [2.05, 4.69) is 18.0 Å². The molecule has 0 spiro atoms. The number of rotatable bonds is 3. The standard InChI is InChI=1S/C12H17N2O/c1-4-14(2,3)15-12-9-13-11-8-6-5-7-10(11)12/h5-9,13H,4H2,1-3H3/q+1. The molecule has 0 aliphatic heterocycles. The smallest absolute Gasteiger partial charge is 0.215 e. The molecule has 0 aliphatic rings. The van der Waals surface area contributed by atoms with Gasteiger partial charge in [-0.3, -0.25) is 0 Å². The van der Waals surface area contributed by atoms with Crippen LogP contribution in [0.2, 0.25) is 0 Å². The first-order valence-corrected chi connectivity index (χ1v) is 5.21. The molecule has 3 nitrogen and oxygen atoms in total. The second kappa shape index (κ2) is 3.59. The summed E-state index contributed by atoms with van der Waals surface area (Å²) in [6.07, 6.45) is 1.92. The largest absolute Gasteiger partial charge is 0.358 e. The third kappa shape index (κ3) is 1.97. The van der Waals surface area contributed by atoms with Crippen molar-refractivity contribution in [2.75, 3.05) is 20.6 Å². The van der Waals surface area contributed by atoms with E-state index >= 15 is 0 Å². The van der Waals surface area contributed by atoms with Gasteiger partial charge in [0.15, 0.2) is 0 Å². The molecule has 15 heavy (non-hydrogen) atoms. The van der Waals surface area contributed by atoms with Gasteiger partial charge in [0.1, 0.15) is 20.6 Å². The third-order valence-corrected chi connectivity index (χ3v) is 2.66. The number of fused-ring (bicyclic) bond motifs is 1. The Bertz CT molecular complexity index is 459. The molecule has 0 radical (unpaired) electrons. The predicted octanol–water partition coefficient (Wildman–Crippen LogP) is 2.56. The van der Waals surface area contributed by atoms with Crippen molar-refractivity contribution in [1.29, 1.82) is 0 Å². The monoisotopic (exact) mass is 205 g/mol. The van der Waals surface area contributed by atoms with Crippen molar-refractivity contribution in [1.82, 2.24) is 4.98 Å². The van der Waals surface area contributed by atoms with Gasteiger partial charge in [-0.1, -0.05) is 12.1 Å². The number of hydrogen-bond acceptors (Lipinski definition) is 1. The summed E-state index contributed by atoms with van der Waals surface area (Å²) in [6.45, 7) is 3.04. The predicted molar refractivity (Wildman–Crippen MR) is 61.6 cm³/mol. The lowest BCUT2D eigenvalue weighted by Crippen LogP contribution is -2.42.